The highest BCUT2D eigenvalue weighted by atomic mass is 35.5. The highest BCUT2D eigenvalue weighted by molar-refractivity contribution is 7.98. The molecule has 0 spiro atoms. The van der Waals surface area contributed by atoms with E-state index in [0.29, 0.717) is 27.3 Å². The predicted molar refractivity (Wildman–Crippen MR) is 147 cm³/mol. The van der Waals surface area contributed by atoms with Crippen LogP contribution in [0, 0.1) is 20.8 Å². The SMILES string of the molecule is Cc1cc(C)c(-c2csc(NC(=O)c3oc4ccccc4c3CSc3ccc(Cl)cc3)n2)c(C)c1. The molecular weight excluding hydrogens is 496 g/mol. The molecule has 3 aromatic carbocycles. The number of thiazole rings is 1. The van der Waals surface area contributed by atoms with E-state index in [0.717, 1.165) is 27.1 Å². The molecule has 0 unspecified atom stereocenters. The van der Waals surface area contributed by atoms with Gasteiger partial charge in [-0.1, -0.05) is 47.5 Å². The Morgan fingerprint density at radius 3 is 2.51 bits per heavy atom. The summed E-state index contributed by atoms with van der Waals surface area (Å²) in [7, 11) is 0. The first-order valence-electron chi connectivity index (χ1n) is 11.1. The second-order valence-corrected chi connectivity index (χ2v) is 10.8. The summed E-state index contributed by atoms with van der Waals surface area (Å²) in [5, 5.41) is 7.11. The molecule has 4 nitrogen and oxygen atoms in total. The van der Waals surface area contributed by atoms with E-state index < -0.39 is 0 Å². The van der Waals surface area contributed by atoms with E-state index in [1.54, 1.807) is 11.8 Å². The Balaban J connectivity index is 1.41. The standard InChI is InChI=1S/C28H23ClN2O2S2/c1-16-12-17(2)25(18(3)13-16)23-15-35-28(30-23)31-27(32)26-22(21-6-4-5-7-24(21)33-26)14-34-20-10-8-19(29)9-11-20/h4-13,15H,14H2,1-3H3,(H,30,31,32). The first-order valence-corrected chi connectivity index (χ1v) is 13.4. The normalized spacial score (nSPS) is 11.2. The molecule has 0 saturated carbocycles. The second-order valence-electron chi connectivity index (χ2n) is 8.41. The summed E-state index contributed by atoms with van der Waals surface area (Å²) in [5.74, 6) is 0.602. The molecule has 1 amide bonds. The summed E-state index contributed by atoms with van der Waals surface area (Å²) in [5.41, 5.74) is 7.09. The summed E-state index contributed by atoms with van der Waals surface area (Å²) in [4.78, 5) is 19.1. The van der Waals surface area contributed by atoms with Gasteiger partial charge in [-0.05, 0) is 62.2 Å². The van der Waals surface area contributed by atoms with Crippen LogP contribution in [0.4, 0.5) is 5.13 Å². The minimum Gasteiger partial charge on any atom is -0.451 e. The van der Waals surface area contributed by atoms with Gasteiger partial charge in [-0.15, -0.1) is 23.1 Å². The number of aryl methyl sites for hydroxylation is 3. The van der Waals surface area contributed by atoms with Gasteiger partial charge in [0.25, 0.3) is 5.91 Å². The van der Waals surface area contributed by atoms with E-state index in [2.05, 4.69) is 38.2 Å². The van der Waals surface area contributed by atoms with Crippen LogP contribution in [0.5, 0.6) is 0 Å². The summed E-state index contributed by atoms with van der Waals surface area (Å²) in [6.07, 6.45) is 0. The minimum absolute atomic E-state index is 0.300. The lowest BCUT2D eigenvalue weighted by molar-refractivity contribution is 0.0998. The summed E-state index contributed by atoms with van der Waals surface area (Å²) in [6, 6.07) is 19.7. The van der Waals surface area contributed by atoms with Crippen LogP contribution in [0.1, 0.15) is 32.8 Å². The lowest BCUT2D eigenvalue weighted by atomic mass is 9.98. The molecule has 5 rings (SSSR count). The van der Waals surface area contributed by atoms with Crippen LogP contribution in [0.15, 0.2) is 75.4 Å². The number of para-hydroxylation sites is 1. The van der Waals surface area contributed by atoms with Crippen molar-refractivity contribution in [1.82, 2.24) is 4.98 Å². The zero-order valence-corrected chi connectivity index (χ0v) is 21.9. The van der Waals surface area contributed by atoms with E-state index in [-0.39, 0.29) is 5.91 Å². The monoisotopic (exact) mass is 518 g/mol. The van der Waals surface area contributed by atoms with Crippen molar-refractivity contribution in [3.63, 3.8) is 0 Å². The Morgan fingerprint density at radius 2 is 1.77 bits per heavy atom. The maximum atomic E-state index is 13.3. The predicted octanol–water partition coefficient (Wildman–Crippen LogP) is 8.68. The van der Waals surface area contributed by atoms with Crippen LogP contribution in [-0.2, 0) is 5.75 Å². The molecule has 1 N–H and O–H groups in total. The van der Waals surface area contributed by atoms with Crippen molar-refractivity contribution in [2.24, 2.45) is 0 Å². The van der Waals surface area contributed by atoms with Crippen LogP contribution in [0.25, 0.3) is 22.2 Å². The molecule has 0 atom stereocenters. The maximum Gasteiger partial charge on any atom is 0.293 e. The van der Waals surface area contributed by atoms with Crippen molar-refractivity contribution >= 4 is 56.7 Å². The Bertz CT molecular complexity index is 1510. The number of halogens is 1. The van der Waals surface area contributed by atoms with E-state index >= 15 is 0 Å². The molecule has 0 bridgehead atoms. The van der Waals surface area contributed by atoms with Crippen LogP contribution in [-0.4, -0.2) is 10.9 Å². The Labute approximate surface area is 217 Å². The number of carbonyl (C=O) groups excluding carboxylic acids is 1. The molecule has 0 radical (unpaired) electrons. The van der Waals surface area contributed by atoms with Crippen molar-refractivity contribution in [2.45, 2.75) is 31.4 Å². The van der Waals surface area contributed by atoms with Crippen molar-refractivity contribution < 1.29 is 9.21 Å². The number of hydrogen-bond donors (Lipinski definition) is 1. The molecule has 0 fully saturated rings. The molecule has 176 valence electrons. The van der Waals surface area contributed by atoms with Gasteiger partial charge in [0.15, 0.2) is 10.9 Å². The zero-order chi connectivity index (χ0) is 24.5. The maximum absolute atomic E-state index is 13.3. The van der Waals surface area contributed by atoms with Gasteiger partial charge in [-0.3, -0.25) is 10.1 Å². The lowest BCUT2D eigenvalue weighted by Gasteiger charge is -2.08. The summed E-state index contributed by atoms with van der Waals surface area (Å²) in [6.45, 7) is 6.27. The van der Waals surface area contributed by atoms with Crippen LogP contribution < -0.4 is 5.32 Å². The van der Waals surface area contributed by atoms with Crippen molar-refractivity contribution in [3.8, 4) is 11.3 Å². The van der Waals surface area contributed by atoms with E-state index in [9.17, 15) is 4.79 Å². The average molecular weight is 519 g/mol. The molecule has 5 aromatic rings. The lowest BCUT2D eigenvalue weighted by Crippen LogP contribution is -2.12. The molecule has 0 aliphatic carbocycles. The number of aromatic nitrogens is 1. The number of hydrogen-bond acceptors (Lipinski definition) is 5. The van der Waals surface area contributed by atoms with Crippen LogP contribution in [0.2, 0.25) is 5.02 Å². The molecule has 35 heavy (non-hydrogen) atoms. The van der Waals surface area contributed by atoms with Gasteiger partial charge >= 0.3 is 0 Å². The molecule has 2 aromatic heterocycles. The average Bonchev–Trinajstić information content (AvgIpc) is 3.42. The molecule has 0 aliphatic rings. The third kappa shape index (κ3) is 5.01. The first-order chi connectivity index (χ1) is 16.9. The van der Waals surface area contributed by atoms with Gasteiger partial charge in [0.05, 0.1) is 5.69 Å². The molecule has 2 heterocycles. The molecular formula is C28H23ClN2O2S2. The highest BCUT2D eigenvalue weighted by Gasteiger charge is 2.22. The van der Waals surface area contributed by atoms with Crippen LogP contribution in [0.3, 0.4) is 0 Å². The largest absolute Gasteiger partial charge is 0.451 e. The first kappa shape index (κ1) is 23.7. The van der Waals surface area contributed by atoms with Gasteiger partial charge in [-0.2, -0.15) is 0 Å². The topological polar surface area (TPSA) is 55.1 Å². The highest BCUT2D eigenvalue weighted by Crippen LogP contribution is 2.34. The summed E-state index contributed by atoms with van der Waals surface area (Å²) < 4.78 is 6.01. The number of fused-ring (bicyclic) bond motifs is 1. The molecule has 0 aliphatic heterocycles. The van der Waals surface area contributed by atoms with Crippen molar-refractivity contribution in [3.05, 3.63) is 99.1 Å². The van der Waals surface area contributed by atoms with Gasteiger partial charge < -0.3 is 4.42 Å². The fraction of sp³-hybridized carbons (Fsp3) is 0.143. The van der Waals surface area contributed by atoms with Crippen LogP contribution >= 0.6 is 34.7 Å². The third-order valence-corrected chi connectivity index (χ3v) is 7.81. The van der Waals surface area contributed by atoms with Crippen molar-refractivity contribution in [2.75, 3.05) is 5.32 Å². The number of furan rings is 1. The Morgan fingerprint density at radius 1 is 1.06 bits per heavy atom. The van der Waals surface area contributed by atoms with Gasteiger partial charge in [0, 0.05) is 37.6 Å². The Hall–Kier alpha value is -3.06. The number of benzene rings is 3. The van der Waals surface area contributed by atoms with E-state index in [1.165, 1.54) is 28.0 Å². The number of amides is 1. The number of rotatable bonds is 6. The third-order valence-electron chi connectivity index (χ3n) is 5.76. The smallest absolute Gasteiger partial charge is 0.293 e. The van der Waals surface area contributed by atoms with Gasteiger partial charge in [-0.25, -0.2) is 4.98 Å². The minimum atomic E-state index is -0.300. The number of nitrogens with zero attached hydrogens (tertiary/aromatic N) is 1. The quantitative estimate of drug-likeness (QED) is 0.228. The fourth-order valence-electron chi connectivity index (χ4n) is 4.30. The van der Waals surface area contributed by atoms with E-state index in [4.69, 9.17) is 21.0 Å². The number of anilines is 1. The zero-order valence-electron chi connectivity index (χ0n) is 19.5. The summed E-state index contributed by atoms with van der Waals surface area (Å²) >= 11 is 9.06. The van der Waals surface area contributed by atoms with Gasteiger partial charge in [0.2, 0.25) is 0 Å². The second kappa shape index (κ2) is 9.90. The number of nitrogens with one attached hydrogen (secondary N) is 1. The molecule has 0 saturated heterocycles. The molecule has 7 heteroatoms. The number of carbonyl (C=O) groups is 1. The number of thioether (sulfide) groups is 1. The van der Waals surface area contributed by atoms with Crippen molar-refractivity contribution in [1.29, 1.82) is 0 Å². The fourth-order valence-corrected chi connectivity index (χ4v) is 6.04. The van der Waals surface area contributed by atoms with E-state index in [1.807, 2.05) is 53.9 Å². The van der Waals surface area contributed by atoms with Gasteiger partial charge in [0.1, 0.15) is 5.58 Å². The Kier molecular flexibility index (Phi) is 6.69.